The number of hydrogen-bond acceptors (Lipinski definition) is 8. The lowest BCUT2D eigenvalue weighted by Crippen LogP contribution is -2.44. The molecule has 4 aromatic rings. The molecule has 10 nitrogen and oxygen atoms in total. The van der Waals surface area contributed by atoms with Crippen molar-refractivity contribution in [2.45, 2.75) is 20.0 Å². The van der Waals surface area contributed by atoms with E-state index in [0.29, 0.717) is 26.6 Å². The van der Waals surface area contributed by atoms with Crippen LogP contribution in [0.4, 0.5) is 16.0 Å². The van der Waals surface area contributed by atoms with Gasteiger partial charge < -0.3 is 14.8 Å². The predicted octanol–water partition coefficient (Wildman–Crippen LogP) is 3.74. The first-order chi connectivity index (χ1) is 17.8. The van der Waals surface area contributed by atoms with Crippen LogP contribution in [0, 0.1) is 5.95 Å². The number of pyridine rings is 1. The van der Waals surface area contributed by atoms with Crippen molar-refractivity contribution < 1.29 is 18.7 Å². The fourth-order valence-electron chi connectivity index (χ4n) is 3.31. The van der Waals surface area contributed by atoms with Crippen LogP contribution in [0.1, 0.15) is 12.5 Å². The first kappa shape index (κ1) is 25.6. The summed E-state index contributed by atoms with van der Waals surface area (Å²) >= 11 is 5.97. The zero-order valence-corrected chi connectivity index (χ0v) is 20.3. The summed E-state index contributed by atoms with van der Waals surface area (Å²) in [6, 6.07) is 17.4. The van der Waals surface area contributed by atoms with Gasteiger partial charge in [0.05, 0.1) is 13.2 Å². The highest BCUT2D eigenvalue weighted by atomic mass is 35.5. The Hall–Kier alpha value is -4.51. The van der Waals surface area contributed by atoms with E-state index >= 15 is 0 Å². The molecule has 0 fully saturated rings. The second-order valence-corrected chi connectivity index (χ2v) is 8.09. The molecule has 0 radical (unpaired) electrons. The number of nitrogens with zero attached hydrogens (tertiary/aromatic N) is 4. The quantitative estimate of drug-likeness (QED) is 0.259. The normalized spacial score (nSPS) is 10.7. The Kier molecular flexibility index (Phi) is 7.94. The van der Waals surface area contributed by atoms with E-state index in [-0.39, 0.29) is 25.0 Å². The Morgan fingerprint density at radius 2 is 1.73 bits per heavy atom. The first-order valence-corrected chi connectivity index (χ1v) is 11.5. The number of hydrogen-bond donors (Lipinski definition) is 1. The summed E-state index contributed by atoms with van der Waals surface area (Å²) in [5, 5.41) is 3.48. The number of rotatable bonds is 9. The highest BCUT2D eigenvalue weighted by Gasteiger charge is 2.17. The Morgan fingerprint density at radius 1 is 1.00 bits per heavy atom. The van der Waals surface area contributed by atoms with Gasteiger partial charge in [-0.15, -0.1) is 0 Å². The van der Waals surface area contributed by atoms with Crippen LogP contribution in [0.3, 0.4) is 0 Å². The van der Waals surface area contributed by atoms with Crippen molar-refractivity contribution in [1.29, 1.82) is 0 Å². The van der Waals surface area contributed by atoms with Crippen molar-refractivity contribution in [2.75, 3.05) is 11.9 Å². The summed E-state index contributed by atoms with van der Waals surface area (Å²) in [7, 11) is 0. The highest BCUT2D eigenvalue weighted by molar-refractivity contribution is 6.30. The van der Waals surface area contributed by atoms with Gasteiger partial charge >= 0.3 is 17.3 Å². The summed E-state index contributed by atoms with van der Waals surface area (Å²) in [6.45, 7) is 1.20. The molecular weight excluding hydrogens is 505 g/mol. The molecule has 2 aromatic carbocycles. The van der Waals surface area contributed by atoms with Crippen LogP contribution in [0.25, 0.3) is 0 Å². The number of benzene rings is 2. The van der Waals surface area contributed by atoms with E-state index in [1.807, 2.05) is 0 Å². The molecule has 37 heavy (non-hydrogen) atoms. The molecule has 0 saturated carbocycles. The van der Waals surface area contributed by atoms with Gasteiger partial charge in [-0.3, -0.25) is 9.36 Å². The van der Waals surface area contributed by atoms with E-state index in [1.54, 1.807) is 55.5 Å². The molecule has 0 saturated heterocycles. The maximum atomic E-state index is 13.3. The van der Waals surface area contributed by atoms with Gasteiger partial charge in [-0.2, -0.15) is 14.4 Å². The predicted molar refractivity (Wildman–Crippen MR) is 134 cm³/mol. The van der Waals surface area contributed by atoms with Gasteiger partial charge in [0.15, 0.2) is 0 Å². The first-order valence-electron chi connectivity index (χ1n) is 11.1. The average Bonchev–Trinajstić information content (AvgIpc) is 2.87. The lowest BCUT2D eigenvalue weighted by Gasteiger charge is -2.16. The lowest BCUT2D eigenvalue weighted by atomic mass is 10.2. The van der Waals surface area contributed by atoms with Gasteiger partial charge in [0.2, 0.25) is 17.8 Å². The number of esters is 1. The van der Waals surface area contributed by atoms with Crippen molar-refractivity contribution in [2.24, 2.45) is 0 Å². The monoisotopic (exact) mass is 525 g/mol. The zero-order chi connectivity index (χ0) is 26.4. The molecular formula is C25H21ClFN5O5. The van der Waals surface area contributed by atoms with Crippen molar-refractivity contribution >= 4 is 29.2 Å². The highest BCUT2D eigenvalue weighted by Crippen LogP contribution is 2.23. The molecule has 0 spiro atoms. The van der Waals surface area contributed by atoms with E-state index in [4.69, 9.17) is 21.1 Å². The van der Waals surface area contributed by atoms with Crippen LogP contribution >= 0.6 is 11.6 Å². The van der Waals surface area contributed by atoms with Crippen molar-refractivity contribution in [3.8, 4) is 11.6 Å². The van der Waals surface area contributed by atoms with Crippen LogP contribution < -0.4 is 21.4 Å². The summed E-state index contributed by atoms with van der Waals surface area (Å²) in [5.41, 5.74) is -0.462. The van der Waals surface area contributed by atoms with Crippen LogP contribution in [-0.4, -0.2) is 31.7 Å². The van der Waals surface area contributed by atoms with Gasteiger partial charge in [0.25, 0.3) is 0 Å². The SMILES string of the molecule is CCOC(=O)Cn1c(=O)nc(Nc2ccc(Oc3cccc(F)n3)cc2)n(Cc2ccc(Cl)cc2)c1=O. The van der Waals surface area contributed by atoms with Gasteiger partial charge in [0, 0.05) is 16.8 Å². The molecule has 4 rings (SSSR count). The Morgan fingerprint density at radius 3 is 2.41 bits per heavy atom. The maximum Gasteiger partial charge on any atom is 0.355 e. The summed E-state index contributed by atoms with van der Waals surface area (Å²) in [6.07, 6.45) is 0. The topological polar surface area (TPSA) is 117 Å². The third-order valence-corrected chi connectivity index (χ3v) is 5.27. The molecule has 12 heteroatoms. The second-order valence-electron chi connectivity index (χ2n) is 7.65. The molecule has 0 aliphatic carbocycles. The van der Waals surface area contributed by atoms with Crippen LogP contribution in [0.5, 0.6) is 11.6 Å². The van der Waals surface area contributed by atoms with Crippen molar-refractivity contribution in [1.82, 2.24) is 19.1 Å². The van der Waals surface area contributed by atoms with Crippen LogP contribution in [0.2, 0.25) is 5.02 Å². The molecule has 2 heterocycles. The molecule has 0 aliphatic heterocycles. The third-order valence-electron chi connectivity index (χ3n) is 5.02. The van der Waals surface area contributed by atoms with Crippen LogP contribution in [0.15, 0.2) is 76.3 Å². The zero-order valence-electron chi connectivity index (χ0n) is 19.6. The Bertz CT molecular complexity index is 1520. The number of nitrogens with one attached hydrogen (secondary N) is 1. The minimum absolute atomic E-state index is 0.0366. The van der Waals surface area contributed by atoms with Gasteiger partial charge in [-0.25, -0.2) is 14.2 Å². The molecule has 190 valence electrons. The molecule has 0 bridgehead atoms. The lowest BCUT2D eigenvalue weighted by molar-refractivity contribution is -0.144. The fraction of sp³-hybridized carbons (Fsp3) is 0.160. The molecule has 0 unspecified atom stereocenters. The number of halogens is 2. The van der Waals surface area contributed by atoms with E-state index in [9.17, 15) is 18.8 Å². The van der Waals surface area contributed by atoms with E-state index in [2.05, 4.69) is 15.3 Å². The maximum absolute atomic E-state index is 13.3. The number of anilines is 2. The number of carbonyl (C=O) groups is 1. The Labute approximate surface area is 214 Å². The smallest absolute Gasteiger partial charge is 0.355 e. The summed E-state index contributed by atoms with van der Waals surface area (Å²) in [5.74, 6) is -0.959. The van der Waals surface area contributed by atoms with Crippen molar-refractivity contribution in [3.63, 3.8) is 0 Å². The molecule has 0 atom stereocenters. The molecule has 2 aromatic heterocycles. The average molecular weight is 526 g/mol. The molecule has 0 aliphatic rings. The largest absolute Gasteiger partial charge is 0.465 e. The third kappa shape index (κ3) is 6.58. The van der Waals surface area contributed by atoms with Gasteiger partial charge in [-0.05, 0) is 55.0 Å². The Balaban J connectivity index is 1.64. The van der Waals surface area contributed by atoms with E-state index < -0.39 is 29.8 Å². The molecule has 1 N–H and O–H groups in total. The van der Waals surface area contributed by atoms with Gasteiger partial charge in [0.1, 0.15) is 12.3 Å². The minimum Gasteiger partial charge on any atom is -0.465 e. The van der Waals surface area contributed by atoms with Gasteiger partial charge in [-0.1, -0.05) is 29.8 Å². The number of ether oxygens (including phenoxy) is 2. The van der Waals surface area contributed by atoms with Crippen molar-refractivity contribution in [3.05, 3.63) is 104 Å². The second kappa shape index (κ2) is 11.5. The van der Waals surface area contributed by atoms with E-state index in [0.717, 1.165) is 0 Å². The summed E-state index contributed by atoms with van der Waals surface area (Å²) in [4.78, 5) is 45.5. The van der Waals surface area contributed by atoms with E-state index in [1.165, 1.54) is 22.8 Å². The number of carbonyl (C=O) groups excluding carboxylic acids is 1. The molecule has 0 amide bonds. The minimum atomic E-state index is -0.912. The van der Waals surface area contributed by atoms with Crippen LogP contribution in [-0.2, 0) is 22.6 Å². The standard InChI is InChI=1S/C25H21ClFN5O5/c1-2-36-22(33)15-32-24(34)30-23(31(25(32)35)14-16-6-8-17(26)9-7-16)28-18-10-12-19(13-11-18)37-21-5-3-4-20(27)29-21/h3-13H,2,14-15H2,1H3,(H,28,30,34). The number of aromatic nitrogens is 4. The summed E-state index contributed by atoms with van der Waals surface area (Å²) < 4.78 is 25.6. The fourth-order valence-corrected chi connectivity index (χ4v) is 3.44.